The first-order valence-electron chi connectivity index (χ1n) is 10.5. The highest BCUT2D eigenvalue weighted by Crippen LogP contribution is 2.29. The molecule has 7 heteroatoms. The number of hydrogen-bond acceptors (Lipinski definition) is 4. The largest absolute Gasteiger partial charge is 0.383 e. The molecule has 0 fully saturated rings. The molecule has 168 valence electrons. The standard InChI is InChI=1S/C25H27ClN2O3S/c1-18-17-22(27-24(29)20-12-6-7-13-21(20)26)32-23(18)25(30)28(15-16-31-2)14-8-11-19-9-4-3-5-10-19/h3-7,9-10,12-13,17H,8,11,14-16H2,1-2H3,(H,27,29). The Kier molecular flexibility index (Phi) is 8.85. The minimum absolute atomic E-state index is 0.0455. The minimum atomic E-state index is -0.296. The molecule has 5 nitrogen and oxygen atoms in total. The molecule has 0 atom stereocenters. The fraction of sp³-hybridized carbons (Fsp3) is 0.280. The predicted molar refractivity (Wildman–Crippen MR) is 131 cm³/mol. The number of aryl methyl sites for hydroxylation is 2. The lowest BCUT2D eigenvalue weighted by atomic mass is 10.1. The molecule has 2 amide bonds. The van der Waals surface area contributed by atoms with Crippen molar-refractivity contribution in [3.8, 4) is 0 Å². The summed E-state index contributed by atoms with van der Waals surface area (Å²) in [4.78, 5) is 28.3. The van der Waals surface area contributed by atoms with Crippen LogP contribution < -0.4 is 5.32 Å². The second-order valence-corrected chi connectivity index (χ2v) is 8.89. The van der Waals surface area contributed by atoms with Gasteiger partial charge in [0.1, 0.15) is 0 Å². The van der Waals surface area contributed by atoms with Gasteiger partial charge >= 0.3 is 0 Å². The number of carbonyl (C=O) groups excluding carboxylic acids is 2. The Bertz CT molecular complexity index is 1050. The van der Waals surface area contributed by atoms with Crippen LogP contribution in [0.25, 0.3) is 0 Å². The number of ether oxygens (including phenoxy) is 1. The third-order valence-electron chi connectivity index (χ3n) is 5.06. The Labute approximate surface area is 198 Å². The van der Waals surface area contributed by atoms with Crippen molar-refractivity contribution in [2.75, 3.05) is 32.1 Å². The molecule has 0 unspecified atom stereocenters. The van der Waals surface area contributed by atoms with Crippen molar-refractivity contribution in [1.29, 1.82) is 0 Å². The Morgan fingerprint density at radius 3 is 2.50 bits per heavy atom. The van der Waals surface area contributed by atoms with E-state index in [9.17, 15) is 9.59 Å². The molecule has 3 aromatic rings. The molecule has 0 saturated carbocycles. The van der Waals surface area contributed by atoms with E-state index < -0.39 is 0 Å². The number of methoxy groups -OCH3 is 1. The number of nitrogens with zero attached hydrogens (tertiary/aromatic N) is 1. The molecule has 0 aliphatic carbocycles. The van der Waals surface area contributed by atoms with Gasteiger partial charge in [-0.3, -0.25) is 9.59 Å². The first-order chi connectivity index (χ1) is 15.5. The van der Waals surface area contributed by atoms with E-state index in [1.165, 1.54) is 16.9 Å². The maximum Gasteiger partial charge on any atom is 0.264 e. The van der Waals surface area contributed by atoms with Crippen LogP contribution in [0.5, 0.6) is 0 Å². The zero-order valence-electron chi connectivity index (χ0n) is 18.3. The normalized spacial score (nSPS) is 10.7. The second kappa shape index (κ2) is 11.8. The third-order valence-corrected chi connectivity index (χ3v) is 6.53. The van der Waals surface area contributed by atoms with Gasteiger partial charge in [0.25, 0.3) is 11.8 Å². The van der Waals surface area contributed by atoms with Gasteiger partial charge in [-0.25, -0.2) is 0 Å². The van der Waals surface area contributed by atoms with Crippen molar-refractivity contribution in [2.24, 2.45) is 0 Å². The van der Waals surface area contributed by atoms with E-state index in [4.69, 9.17) is 16.3 Å². The van der Waals surface area contributed by atoms with E-state index in [1.807, 2.05) is 36.1 Å². The zero-order valence-corrected chi connectivity index (χ0v) is 19.8. The summed E-state index contributed by atoms with van der Waals surface area (Å²) in [7, 11) is 1.63. The summed E-state index contributed by atoms with van der Waals surface area (Å²) in [6.07, 6.45) is 1.76. The molecule has 0 spiro atoms. The molecule has 32 heavy (non-hydrogen) atoms. The van der Waals surface area contributed by atoms with Crippen LogP contribution in [-0.2, 0) is 11.2 Å². The van der Waals surface area contributed by atoms with E-state index in [2.05, 4.69) is 17.4 Å². The Balaban J connectivity index is 1.68. The monoisotopic (exact) mass is 470 g/mol. The summed E-state index contributed by atoms with van der Waals surface area (Å²) >= 11 is 7.41. The van der Waals surface area contributed by atoms with Crippen molar-refractivity contribution in [1.82, 2.24) is 4.90 Å². The number of thiophene rings is 1. The highest BCUT2D eigenvalue weighted by Gasteiger charge is 2.21. The van der Waals surface area contributed by atoms with Gasteiger partial charge in [-0.15, -0.1) is 11.3 Å². The molecule has 0 bridgehead atoms. The number of hydrogen-bond donors (Lipinski definition) is 1. The number of benzene rings is 2. The summed E-state index contributed by atoms with van der Waals surface area (Å²) in [6.45, 7) is 3.50. The fourth-order valence-electron chi connectivity index (χ4n) is 3.36. The van der Waals surface area contributed by atoms with Crippen molar-refractivity contribution >= 4 is 39.8 Å². The highest BCUT2D eigenvalue weighted by molar-refractivity contribution is 7.18. The average molecular weight is 471 g/mol. The number of anilines is 1. The molecule has 1 heterocycles. The van der Waals surface area contributed by atoms with Gasteiger partial charge in [-0.2, -0.15) is 0 Å². The van der Waals surface area contributed by atoms with Crippen molar-refractivity contribution in [3.05, 3.63) is 87.3 Å². The fourth-order valence-corrected chi connectivity index (χ4v) is 4.62. The van der Waals surface area contributed by atoms with E-state index in [0.29, 0.717) is 40.2 Å². The van der Waals surface area contributed by atoms with Gasteiger partial charge in [0.15, 0.2) is 0 Å². The molecule has 0 saturated heterocycles. The quantitative estimate of drug-likeness (QED) is 0.414. The Hall–Kier alpha value is -2.67. The van der Waals surface area contributed by atoms with Gasteiger partial charge in [0, 0.05) is 20.2 Å². The van der Waals surface area contributed by atoms with Crippen LogP contribution >= 0.6 is 22.9 Å². The Morgan fingerprint density at radius 1 is 1.06 bits per heavy atom. The average Bonchev–Trinajstić information content (AvgIpc) is 3.16. The van der Waals surface area contributed by atoms with Gasteiger partial charge in [-0.1, -0.05) is 54.1 Å². The molecular weight excluding hydrogens is 444 g/mol. The zero-order chi connectivity index (χ0) is 22.9. The number of carbonyl (C=O) groups is 2. The molecule has 3 rings (SSSR count). The summed E-state index contributed by atoms with van der Waals surface area (Å²) in [5.41, 5.74) is 2.49. The van der Waals surface area contributed by atoms with Crippen LogP contribution in [0.15, 0.2) is 60.7 Å². The van der Waals surface area contributed by atoms with Gasteiger partial charge in [-0.05, 0) is 49.1 Å². The molecule has 2 aromatic carbocycles. The van der Waals surface area contributed by atoms with Crippen molar-refractivity contribution in [3.63, 3.8) is 0 Å². The summed E-state index contributed by atoms with van der Waals surface area (Å²) < 4.78 is 5.21. The molecule has 1 N–H and O–H groups in total. The lowest BCUT2D eigenvalue weighted by Crippen LogP contribution is -2.34. The topological polar surface area (TPSA) is 58.6 Å². The van der Waals surface area contributed by atoms with Gasteiger partial charge in [0.05, 0.1) is 27.1 Å². The predicted octanol–water partition coefficient (Wildman–Crippen LogP) is 5.68. The first kappa shape index (κ1) is 24.0. The summed E-state index contributed by atoms with van der Waals surface area (Å²) in [5.74, 6) is -0.342. The van der Waals surface area contributed by atoms with Crippen LogP contribution in [0.4, 0.5) is 5.00 Å². The van der Waals surface area contributed by atoms with Crippen LogP contribution in [0.2, 0.25) is 5.02 Å². The van der Waals surface area contributed by atoms with Gasteiger partial charge in [0.2, 0.25) is 0 Å². The lowest BCUT2D eigenvalue weighted by Gasteiger charge is -2.22. The summed E-state index contributed by atoms with van der Waals surface area (Å²) in [5, 5.41) is 3.87. The van der Waals surface area contributed by atoms with Crippen LogP contribution in [0.1, 0.15) is 37.6 Å². The molecule has 0 aliphatic heterocycles. The maximum atomic E-state index is 13.3. The van der Waals surface area contributed by atoms with Gasteiger partial charge < -0.3 is 15.0 Å². The van der Waals surface area contributed by atoms with E-state index in [1.54, 1.807) is 31.4 Å². The van der Waals surface area contributed by atoms with E-state index >= 15 is 0 Å². The van der Waals surface area contributed by atoms with E-state index in [-0.39, 0.29) is 11.8 Å². The first-order valence-corrected chi connectivity index (χ1v) is 11.7. The Morgan fingerprint density at radius 2 is 1.78 bits per heavy atom. The second-order valence-electron chi connectivity index (χ2n) is 7.43. The smallest absolute Gasteiger partial charge is 0.264 e. The van der Waals surface area contributed by atoms with Crippen LogP contribution in [0, 0.1) is 6.92 Å². The highest BCUT2D eigenvalue weighted by atomic mass is 35.5. The van der Waals surface area contributed by atoms with Crippen molar-refractivity contribution in [2.45, 2.75) is 19.8 Å². The van der Waals surface area contributed by atoms with Crippen molar-refractivity contribution < 1.29 is 14.3 Å². The minimum Gasteiger partial charge on any atom is -0.383 e. The van der Waals surface area contributed by atoms with E-state index in [0.717, 1.165) is 18.4 Å². The summed E-state index contributed by atoms with van der Waals surface area (Å²) in [6, 6.07) is 18.9. The van der Waals surface area contributed by atoms with Crippen LogP contribution in [0.3, 0.4) is 0 Å². The number of rotatable bonds is 10. The number of nitrogens with one attached hydrogen (secondary N) is 1. The SMILES string of the molecule is COCCN(CCCc1ccccc1)C(=O)c1sc(NC(=O)c2ccccc2Cl)cc1C. The third kappa shape index (κ3) is 6.42. The van der Waals surface area contributed by atoms with Crippen LogP contribution in [-0.4, -0.2) is 43.5 Å². The number of amides is 2. The molecule has 0 aliphatic rings. The maximum absolute atomic E-state index is 13.3. The molecular formula is C25H27ClN2O3S. The lowest BCUT2D eigenvalue weighted by molar-refractivity contribution is 0.0697. The molecule has 1 aromatic heterocycles. The number of halogens is 1. The molecule has 0 radical (unpaired) electrons.